The van der Waals surface area contributed by atoms with Crippen LogP contribution in [0.1, 0.15) is 37.4 Å². The van der Waals surface area contributed by atoms with Gasteiger partial charge in [-0.15, -0.1) is 0 Å². The Morgan fingerprint density at radius 1 is 1.12 bits per heavy atom. The Morgan fingerprint density at radius 2 is 1.76 bits per heavy atom. The minimum atomic E-state index is 0.600. The second-order valence-electron chi connectivity index (χ2n) is 4.81. The van der Waals surface area contributed by atoms with E-state index in [1.54, 1.807) is 0 Å². The summed E-state index contributed by atoms with van der Waals surface area (Å²) >= 11 is 0. The van der Waals surface area contributed by atoms with Gasteiger partial charge in [0.2, 0.25) is 0 Å². The average molecular weight is 232 g/mol. The molecule has 0 spiro atoms. The van der Waals surface area contributed by atoms with Crippen LogP contribution in [0.4, 0.5) is 0 Å². The number of rotatable bonds is 4. The summed E-state index contributed by atoms with van der Waals surface area (Å²) in [6, 6.07) is 9.78. The van der Waals surface area contributed by atoms with E-state index in [1.807, 2.05) is 0 Å². The molecule has 0 radical (unpaired) electrons. The van der Waals surface area contributed by atoms with Gasteiger partial charge in [-0.1, -0.05) is 38.1 Å². The Hall–Kier alpha value is -0.860. The van der Waals surface area contributed by atoms with Gasteiger partial charge in [-0.25, -0.2) is 0 Å². The molecular formula is C15H24N2. The fourth-order valence-corrected chi connectivity index (χ4v) is 2.67. The lowest BCUT2D eigenvalue weighted by molar-refractivity contribution is 0.169. The van der Waals surface area contributed by atoms with E-state index >= 15 is 0 Å². The molecule has 0 saturated carbocycles. The number of hydrogen-bond acceptors (Lipinski definition) is 2. The normalized spacial score (nSPS) is 19.2. The summed E-state index contributed by atoms with van der Waals surface area (Å²) < 4.78 is 0. The van der Waals surface area contributed by atoms with Gasteiger partial charge in [0.25, 0.3) is 0 Å². The minimum Gasteiger partial charge on any atom is -0.314 e. The fraction of sp³-hybridized carbons (Fsp3) is 0.600. The van der Waals surface area contributed by atoms with E-state index in [0.29, 0.717) is 6.04 Å². The van der Waals surface area contributed by atoms with Gasteiger partial charge in [0, 0.05) is 32.2 Å². The van der Waals surface area contributed by atoms with Crippen molar-refractivity contribution in [1.29, 1.82) is 0 Å². The van der Waals surface area contributed by atoms with Crippen molar-refractivity contribution in [2.24, 2.45) is 0 Å². The van der Waals surface area contributed by atoms with Gasteiger partial charge >= 0.3 is 0 Å². The molecule has 1 unspecified atom stereocenters. The van der Waals surface area contributed by atoms with Crippen LogP contribution in [-0.2, 0) is 6.42 Å². The van der Waals surface area contributed by atoms with Crippen LogP contribution in [0.15, 0.2) is 24.3 Å². The predicted octanol–water partition coefficient (Wildman–Crippen LogP) is 2.61. The zero-order valence-corrected chi connectivity index (χ0v) is 11.1. The van der Waals surface area contributed by atoms with E-state index in [0.717, 1.165) is 19.5 Å². The van der Waals surface area contributed by atoms with E-state index in [2.05, 4.69) is 48.3 Å². The second-order valence-corrected chi connectivity index (χ2v) is 4.81. The van der Waals surface area contributed by atoms with Crippen molar-refractivity contribution >= 4 is 0 Å². The van der Waals surface area contributed by atoms with Gasteiger partial charge in [-0.3, -0.25) is 4.90 Å². The molecule has 1 aliphatic rings. The molecule has 2 nitrogen and oxygen atoms in total. The number of nitrogens with zero attached hydrogens (tertiary/aromatic N) is 1. The minimum absolute atomic E-state index is 0.600. The molecule has 1 aromatic rings. The molecule has 0 bridgehead atoms. The summed E-state index contributed by atoms with van der Waals surface area (Å²) in [5.41, 5.74) is 2.91. The summed E-state index contributed by atoms with van der Waals surface area (Å²) in [4.78, 5) is 2.61. The maximum Gasteiger partial charge on any atom is 0.0346 e. The Labute approximate surface area is 105 Å². The number of benzene rings is 1. The molecule has 0 aliphatic carbocycles. The van der Waals surface area contributed by atoms with E-state index in [-0.39, 0.29) is 0 Å². The number of aryl methyl sites for hydroxylation is 1. The van der Waals surface area contributed by atoms with Gasteiger partial charge in [0.05, 0.1) is 0 Å². The highest BCUT2D eigenvalue weighted by Gasteiger charge is 2.20. The topological polar surface area (TPSA) is 15.3 Å². The Kier molecular flexibility index (Phi) is 4.57. The maximum atomic E-state index is 3.42. The van der Waals surface area contributed by atoms with Crippen molar-refractivity contribution in [2.75, 3.05) is 26.2 Å². The molecule has 1 aliphatic heterocycles. The monoisotopic (exact) mass is 232 g/mol. The summed E-state index contributed by atoms with van der Waals surface area (Å²) in [5, 5.41) is 3.42. The van der Waals surface area contributed by atoms with E-state index in [1.165, 1.54) is 30.6 Å². The molecule has 1 aromatic carbocycles. The zero-order valence-electron chi connectivity index (χ0n) is 11.1. The summed E-state index contributed by atoms with van der Waals surface area (Å²) in [5.74, 6) is 0. The van der Waals surface area contributed by atoms with E-state index in [4.69, 9.17) is 0 Å². The SMILES string of the molecule is CCc1ccc(C(CC)N2CCNCC2)cc1. The molecule has 2 rings (SSSR count). The zero-order chi connectivity index (χ0) is 12.1. The summed E-state index contributed by atoms with van der Waals surface area (Å²) in [6.45, 7) is 9.11. The summed E-state index contributed by atoms with van der Waals surface area (Å²) in [7, 11) is 0. The van der Waals surface area contributed by atoms with Crippen molar-refractivity contribution in [1.82, 2.24) is 10.2 Å². The molecule has 1 fully saturated rings. The van der Waals surface area contributed by atoms with Gasteiger partial charge in [0.15, 0.2) is 0 Å². The van der Waals surface area contributed by atoms with E-state index < -0.39 is 0 Å². The first-order chi connectivity index (χ1) is 8.35. The first-order valence-electron chi connectivity index (χ1n) is 6.88. The molecule has 0 amide bonds. The van der Waals surface area contributed by atoms with Gasteiger partial charge in [-0.2, -0.15) is 0 Å². The lowest BCUT2D eigenvalue weighted by Crippen LogP contribution is -2.45. The van der Waals surface area contributed by atoms with E-state index in [9.17, 15) is 0 Å². The van der Waals surface area contributed by atoms with Gasteiger partial charge in [-0.05, 0) is 24.0 Å². The molecule has 1 saturated heterocycles. The quantitative estimate of drug-likeness (QED) is 0.858. The standard InChI is InChI=1S/C15H24N2/c1-3-13-5-7-14(8-6-13)15(4-2)17-11-9-16-10-12-17/h5-8,15-16H,3-4,9-12H2,1-2H3. The fourth-order valence-electron chi connectivity index (χ4n) is 2.67. The van der Waals surface area contributed by atoms with Crippen molar-refractivity contribution in [3.63, 3.8) is 0 Å². The molecule has 1 heterocycles. The summed E-state index contributed by atoms with van der Waals surface area (Å²) in [6.07, 6.45) is 2.33. The van der Waals surface area contributed by atoms with Crippen molar-refractivity contribution in [2.45, 2.75) is 32.7 Å². The van der Waals surface area contributed by atoms with Crippen molar-refractivity contribution in [3.05, 3.63) is 35.4 Å². The maximum absolute atomic E-state index is 3.42. The predicted molar refractivity (Wildman–Crippen MR) is 73.3 cm³/mol. The third-order valence-electron chi connectivity index (χ3n) is 3.75. The van der Waals surface area contributed by atoms with Crippen LogP contribution in [-0.4, -0.2) is 31.1 Å². The Bertz CT molecular complexity index is 325. The smallest absolute Gasteiger partial charge is 0.0346 e. The largest absolute Gasteiger partial charge is 0.314 e. The van der Waals surface area contributed by atoms with Crippen molar-refractivity contribution < 1.29 is 0 Å². The van der Waals surface area contributed by atoms with Crippen LogP contribution in [0, 0.1) is 0 Å². The van der Waals surface area contributed by atoms with Crippen LogP contribution < -0.4 is 5.32 Å². The number of hydrogen-bond donors (Lipinski definition) is 1. The molecule has 0 aromatic heterocycles. The van der Waals surface area contributed by atoms with Crippen LogP contribution in [0.2, 0.25) is 0 Å². The molecule has 1 N–H and O–H groups in total. The molecule has 94 valence electrons. The van der Waals surface area contributed by atoms with Crippen LogP contribution in [0.25, 0.3) is 0 Å². The van der Waals surface area contributed by atoms with Crippen LogP contribution in [0.3, 0.4) is 0 Å². The highest BCUT2D eigenvalue weighted by molar-refractivity contribution is 5.25. The first kappa shape index (κ1) is 12.6. The number of nitrogens with one attached hydrogen (secondary N) is 1. The second kappa shape index (κ2) is 6.18. The first-order valence-corrected chi connectivity index (χ1v) is 6.88. The van der Waals surface area contributed by atoms with Gasteiger partial charge in [0.1, 0.15) is 0 Å². The average Bonchev–Trinajstić information content (AvgIpc) is 2.42. The Morgan fingerprint density at radius 3 is 2.29 bits per heavy atom. The molecule has 17 heavy (non-hydrogen) atoms. The Balaban J connectivity index is 2.10. The van der Waals surface area contributed by atoms with Crippen molar-refractivity contribution in [3.8, 4) is 0 Å². The lowest BCUT2D eigenvalue weighted by atomic mass is 10.00. The molecule has 1 atom stereocenters. The number of piperazine rings is 1. The third-order valence-corrected chi connectivity index (χ3v) is 3.75. The van der Waals surface area contributed by atoms with Crippen LogP contribution >= 0.6 is 0 Å². The molecule has 2 heteroatoms. The molecular weight excluding hydrogens is 208 g/mol. The van der Waals surface area contributed by atoms with Gasteiger partial charge < -0.3 is 5.32 Å². The third kappa shape index (κ3) is 3.08. The highest BCUT2D eigenvalue weighted by atomic mass is 15.2. The highest BCUT2D eigenvalue weighted by Crippen LogP contribution is 2.24. The van der Waals surface area contributed by atoms with Crippen LogP contribution in [0.5, 0.6) is 0 Å². The lowest BCUT2D eigenvalue weighted by Gasteiger charge is -2.34.